The molecule has 1 rings (SSSR count). The summed E-state index contributed by atoms with van der Waals surface area (Å²) in [4.78, 5) is 15.8. The van der Waals surface area contributed by atoms with Crippen LogP contribution in [0.1, 0.15) is 37.0 Å². The first-order valence-corrected chi connectivity index (χ1v) is 6.92. The van der Waals surface area contributed by atoms with Crippen molar-refractivity contribution in [1.29, 1.82) is 0 Å². The molecule has 0 aliphatic carbocycles. The molecular weight excluding hydrogens is 264 g/mol. The Morgan fingerprint density at radius 2 is 2.26 bits per heavy atom. The van der Waals surface area contributed by atoms with Gasteiger partial charge in [-0.1, -0.05) is 25.4 Å². The zero-order valence-electron chi connectivity index (χ0n) is 11.4. The zero-order valence-corrected chi connectivity index (χ0v) is 12.2. The van der Waals surface area contributed by atoms with Gasteiger partial charge in [0.25, 0.3) is 5.91 Å². The third-order valence-corrected chi connectivity index (χ3v) is 3.20. The van der Waals surface area contributed by atoms with E-state index in [0.29, 0.717) is 24.4 Å². The molecule has 4 nitrogen and oxygen atoms in total. The van der Waals surface area contributed by atoms with Gasteiger partial charge in [-0.2, -0.15) is 0 Å². The predicted molar refractivity (Wildman–Crippen MR) is 76.2 cm³/mol. The molecule has 1 aromatic heterocycles. The largest absolute Gasteiger partial charge is 0.396 e. The van der Waals surface area contributed by atoms with Gasteiger partial charge in [-0.25, -0.2) is 4.98 Å². The van der Waals surface area contributed by atoms with Crippen LogP contribution in [0.5, 0.6) is 0 Å². The van der Waals surface area contributed by atoms with Crippen molar-refractivity contribution in [2.75, 3.05) is 13.2 Å². The molecule has 5 heteroatoms. The smallest absolute Gasteiger partial charge is 0.254 e. The van der Waals surface area contributed by atoms with Gasteiger partial charge in [-0.05, 0) is 36.8 Å². The molecule has 0 saturated carbocycles. The van der Waals surface area contributed by atoms with Gasteiger partial charge in [0.2, 0.25) is 0 Å². The van der Waals surface area contributed by atoms with Gasteiger partial charge >= 0.3 is 0 Å². The van der Waals surface area contributed by atoms with Crippen molar-refractivity contribution in [2.24, 2.45) is 11.8 Å². The Labute approximate surface area is 119 Å². The molecule has 0 spiro atoms. The number of rotatable bonds is 7. The molecule has 19 heavy (non-hydrogen) atoms. The van der Waals surface area contributed by atoms with Crippen LogP contribution in [0.2, 0.25) is 5.15 Å². The van der Waals surface area contributed by atoms with E-state index in [9.17, 15) is 4.79 Å². The van der Waals surface area contributed by atoms with E-state index in [1.807, 2.05) is 0 Å². The summed E-state index contributed by atoms with van der Waals surface area (Å²) in [5.74, 6) is 0.602. The lowest BCUT2D eigenvalue weighted by molar-refractivity contribution is 0.0941. The molecule has 1 amide bonds. The van der Waals surface area contributed by atoms with Gasteiger partial charge in [0.15, 0.2) is 0 Å². The number of aliphatic hydroxyl groups is 1. The number of hydrogen-bond acceptors (Lipinski definition) is 3. The van der Waals surface area contributed by atoms with Gasteiger partial charge in [0.05, 0.1) is 5.56 Å². The molecule has 0 saturated heterocycles. The fraction of sp³-hybridized carbons (Fsp3) is 0.571. The number of nitrogens with one attached hydrogen (secondary N) is 1. The molecular formula is C14H21ClN2O2. The normalized spacial score (nSPS) is 12.5. The summed E-state index contributed by atoms with van der Waals surface area (Å²) < 4.78 is 0. The van der Waals surface area contributed by atoms with Crippen molar-refractivity contribution in [2.45, 2.75) is 26.7 Å². The molecule has 0 aromatic carbocycles. The van der Waals surface area contributed by atoms with E-state index in [0.717, 1.165) is 6.42 Å². The van der Waals surface area contributed by atoms with Crippen LogP contribution in [-0.4, -0.2) is 29.1 Å². The van der Waals surface area contributed by atoms with E-state index in [1.54, 1.807) is 18.3 Å². The average molecular weight is 285 g/mol. The maximum Gasteiger partial charge on any atom is 0.254 e. The van der Waals surface area contributed by atoms with Crippen molar-refractivity contribution in [1.82, 2.24) is 10.3 Å². The predicted octanol–water partition coefficient (Wildman–Crippen LogP) is 2.51. The Bertz CT molecular complexity index is 410. The summed E-state index contributed by atoms with van der Waals surface area (Å²) in [6.45, 7) is 4.94. The second kappa shape index (κ2) is 8.12. The Hall–Kier alpha value is -1.13. The number of carbonyl (C=O) groups excluding carboxylic acids is 1. The molecule has 0 fully saturated rings. The summed E-state index contributed by atoms with van der Waals surface area (Å²) in [7, 11) is 0. The van der Waals surface area contributed by atoms with Crippen molar-refractivity contribution >= 4 is 17.5 Å². The molecule has 1 aromatic rings. The summed E-state index contributed by atoms with van der Waals surface area (Å²) in [6.07, 6.45) is 3.22. The molecule has 2 N–H and O–H groups in total. The van der Waals surface area contributed by atoms with Crippen molar-refractivity contribution < 1.29 is 9.90 Å². The lowest BCUT2D eigenvalue weighted by atomic mass is 9.94. The van der Waals surface area contributed by atoms with Gasteiger partial charge in [-0.15, -0.1) is 0 Å². The first-order valence-electron chi connectivity index (χ1n) is 6.54. The van der Waals surface area contributed by atoms with E-state index in [2.05, 4.69) is 24.1 Å². The number of halogens is 1. The van der Waals surface area contributed by atoms with Crippen LogP contribution in [-0.2, 0) is 0 Å². The topological polar surface area (TPSA) is 62.2 Å². The van der Waals surface area contributed by atoms with E-state index >= 15 is 0 Å². The minimum atomic E-state index is -0.218. The zero-order chi connectivity index (χ0) is 14.3. The van der Waals surface area contributed by atoms with Crippen LogP contribution in [0.3, 0.4) is 0 Å². The molecule has 0 bridgehead atoms. The molecule has 1 heterocycles. The number of amides is 1. The number of carbonyl (C=O) groups is 1. The lowest BCUT2D eigenvalue weighted by Crippen LogP contribution is -2.30. The third-order valence-electron chi connectivity index (χ3n) is 2.90. The standard InChI is InChI=1S/C14H21ClN2O2/c1-10(2)8-11(5-7-18)9-17-14(19)12-4-3-6-16-13(12)15/h3-4,6,10-11,18H,5,7-9H2,1-2H3,(H,17,19). The SMILES string of the molecule is CC(C)CC(CCO)CNC(=O)c1cccnc1Cl. The molecule has 106 valence electrons. The summed E-state index contributed by atoms with van der Waals surface area (Å²) >= 11 is 5.87. The first kappa shape index (κ1) is 15.9. The Morgan fingerprint density at radius 3 is 2.84 bits per heavy atom. The highest BCUT2D eigenvalue weighted by atomic mass is 35.5. The lowest BCUT2D eigenvalue weighted by Gasteiger charge is -2.18. The Kier molecular flexibility index (Phi) is 6.81. The van der Waals surface area contributed by atoms with Gasteiger partial charge in [-0.3, -0.25) is 4.79 Å². The molecule has 1 atom stereocenters. The third kappa shape index (κ3) is 5.57. The molecule has 0 radical (unpaired) electrons. The molecule has 1 unspecified atom stereocenters. The monoisotopic (exact) mass is 284 g/mol. The van der Waals surface area contributed by atoms with Crippen LogP contribution in [0.15, 0.2) is 18.3 Å². The number of nitrogens with zero attached hydrogens (tertiary/aromatic N) is 1. The first-order chi connectivity index (χ1) is 9.04. The van der Waals surface area contributed by atoms with Crippen molar-refractivity contribution in [3.63, 3.8) is 0 Å². The van der Waals surface area contributed by atoms with E-state index in [1.165, 1.54) is 0 Å². The van der Waals surface area contributed by atoms with Gasteiger partial charge < -0.3 is 10.4 Å². The highest BCUT2D eigenvalue weighted by Crippen LogP contribution is 2.15. The quantitative estimate of drug-likeness (QED) is 0.756. The number of hydrogen-bond donors (Lipinski definition) is 2. The Morgan fingerprint density at radius 1 is 1.53 bits per heavy atom. The van der Waals surface area contributed by atoms with E-state index in [4.69, 9.17) is 16.7 Å². The summed E-state index contributed by atoms with van der Waals surface area (Å²) in [5.41, 5.74) is 0.386. The number of aliphatic hydroxyl groups excluding tert-OH is 1. The van der Waals surface area contributed by atoms with Crippen LogP contribution in [0.25, 0.3) is 0 Å². The van der Waals surface area contributed by atoms with Crippen LogP contribution in [0.4, 0.5) is 0 Å². The highest BCUT2D eigenvalue weighted by Gasteiger charge is 2.14. The van der Waals surface area contributed by atoms with Crippen molar-refractivity contribution in [3.8, 4) is 0 Å². The summed E-state index contributed by atoms with van der Waals surface area (Å²) in [5, 5.41) is 12.1. The van der Waals surface area contributed by atoms with Crippen LogP contribution in [0, 0.1) is 11.8 Å². The Balaban J connectivity index is 2.54. The minimum Gasteiger partial charge on any atom is -0.396 e. The average Bonchev–Trinajstić information content (AvgIpc) is 2.36. The van der Waals surface area contributed by atoms with Crippen LogP contribution < -0.4 is 5.32 Å². The second-order valence-corrected chi connectivity index (χ2v) is 5.42. The maximum atomic E-state index is 12.0. The summed E-state index contributed by atoms with van der Waals surface area (Å²) in [6, 6.07) is 3.33. The second-order valence-electron chi connectivity index (χ2n) is 5.06. The maximum absolute atomic E-state index is 12.0. The van der Waals surface area contributed by atoms with Crippen LogP contribution >= 0.6 is 11.6 Å². The molecule has 0 aliphatic heterocycles. The minimum absolute atomic E-state index is 0.140. The fourth-order valence-corrected chi connectivity index (χ4v) is 2.25. The van der Waals surface area contributed by atoms with Gasteiger partial charge in [0.1, 0.15) is 5.15 Å². The number of aromatic nitrogens is 1. The number of pyridine rings is 1. The van der Waals surface area contributed by atoms with Crippen molar-refractivity contribution in [3.05, 3.63) is 29.0 Å². The van der Waals surface area contributed by atoms with Gasteiger partial charge in [0, 0.05) is 19.3 Å². The highest BCUT2D eigenvalue weighted by molar-refractivity contribution is 6.32. The van der Waals surface area contributed by atoms with E-state index in [-0.39, 0.29) is 23.6 Å². The fourth-order valence-electron chi connectivity index (χ4n) is 2.04. The van der Waals surface area contributed by atoms with E-state index < -0.39 is 0 Å². The molecule has 0 aliphatic rings.